The molecule has 1 rings (SSSR count). The molecule has 0 radical (unpaired) electrons. The van der Waals surface area contributed by atoms with Crippen molar-refractivity contribution in [3.05, 3.63) is 35.9 Å². The molecular weight excluding hydrogens is 204 g/mol. The maximum absolute atomic E-state index is 9.86. The average Bonchev–Trinajstić information content (AvgIpc) is 2.29. The highest BCUT2D eigenvalue weighted by atomic mass is 16.5. The van der Waals surface area contributed by atoms with Crippen molar-refractivity contribution >= 4 is 0 Å². The van der Waals surface area contributed by atoms with Gasteiger partial charge in [-0.3, -0.25) is 0 Å². The molecule has 0 aromatic heterocycles. The van der Waals surface area contributed by atoms with Crippen LogP contribution < -0.4 is 10.5 Å². The van der Waals surface area contributed by atoms with Crippen molar-refractivity contribution < 1.29 is 9.84 Å². The monoisotopic (exact) mass is 218 g/mol. The van der Waals surface area contributed by atoms with Gasteiger partial charge in [-0.1, -0.05) is 6.08 Å². The summed E-state index contributed by atoms with van der Waals surface area (Å²) in [6, 6.07) is 4.64. The molecular formula is C12H14N2O2. The van der Waals surface area contributed by atoms with Crippen LogP contribution in [0, 0.1) is 11.3 Å². The van der Waals surface area contributed by atoms with Gasteiger partial charge in [0.05, 0.1) is 18.7 Å². The third-order valence-corrected chi connectivity index (χ3v) is 2.27. The zero-order valence-electron chi connectivity index (χ0n) is 9.10. The number of phenols is 1. The van der Waals surface area contributed by atoms with Crippen molar-refractivity contribution in [2.45, 2.75) is 12.5 Å². The predicted molar refractivity (Wildman–Crippen MR) is 61.1 cm³/mol. The largest absolute Gasteiger partial charge is 0.504 e. The van der Waals surface area contributed by atoms with Gasteiger partial charge in [0.1, 0.15) is 0 Å². The molecule has 0 aliphatic heterocycles. The molecule has 0 fully saturated rings. The second-order valence-electron chi connectivity index (χ2n) is 3.36. The first-order chi connectivity index (χ1) is 7.63. The van der Waals surface area contributed by atoms with E-state index in [0.29, 0.717) is 17.5 Å². The number of nitrogens with zero attached hydrogens (tertiary/aromatic N) is 1. The first kappa shape index (κ1) is 12.1. The van der Waals surface area contributed by atoms with Crippen LogP contribution in [0.2, 0.25) is 0 Å². The van der Waals surface area contributed by atoms with Gasteiger partial charge in [0.2, 0.25) is 0 Å². The number of hydrogen-bond donors (Lipinski definition) is 2. The predicted octanol–water partition coefficient (Wildman–Crippen LogP) is 1.85. The summed E-state index contributed by atoms with van der Waals surface area (Å²) in [5.41, 5.74) is 6.76. The van der Waals surface area contributed by atoms with E-state index in [4.69, 9.17) is 15.7 Å². The zero-order chi connectivity index (χ0) is 12.1. The molecule has 1 atom stereocenters. The lowest BCUT2D eigenvalue weighted by Crippen LogP contribution is -2.10. The highest BCUT2D eigenvalue weighted by Crippen LogP contribution is 2.35. The van der Waals surface area contributed by atoms with E-state index in [2.05, 4.69) is 6.58 Å². The summed E-state index contributed by atoms with van der Waals surface area (Å²) < 4.78 is 4.97. The number of ether oxygens (including phenoxy) is 1. The Hall–Kier alpha value is -1.99. The van der Waals surface area contributed by atoms with Crippen LogP contribution in [0.25, 0.3) is 0 Å². The van der Waals surface area contributed by atoms with Crippen LogP contribution in [-0.4, -0.2) is 12.2 Å². The molecule has 84 valence electrons. The lowest BCUT2D eigenvalue weighted by molar-refractivity contribution is 0.368. The van der Waals surface area contributed by atoms with Gasteiger partial charge in [-0.15, -0.1) is 6.58 Å². The molecule has 0 spiro atoms. The number of methoxy groups -OCH3 is 1. The number of phenolic OH excluding ortho intramolecular Hbond substituents is 1. The third-order valence-electron chi connectivity index (χ3n) is 2.27. The Morgan fingerprint density at radius 3 is 2.88 bits per heavy atom. The molecule has 0 amide bonds. The molecule has 4 nitrogen and oxygen atoms in total. The van der Waals surface area contributed by atoms with E-state index in [1.807, 2.05) is 6.07 Å². The molecule has 0 bridgehead atoms. The molecule has 1 aromatic carbocycles. The quantitative estimate of drug-likeness (QED) is 0.756. The lowest BCUT2D eigenvalue weighted by atomic mass is 10.0. The smallest absolute Gasteiger partial charge is 0.162 e. The Kier molecular flexibility index (Phi) is 3.92. The fourth-order valence-electron chi connectivity index (χ4n) is 1.44. The van der Waals surface area contributed by atoms with Crippen LogP contribution in [0.15, 0.2) is 24.8 Å². The van der Waals surface area contributed by atoms with Gasteiger partial charge in [-0.2, -0.15) is 5.26 Å². The van der Waals surface area contributed by atoms with Crippen LogP contribution >= 0.6 is 0 Å². The summed E-state index contributed by atoms with van der Waals surface area (Å²) >= 11 is 0. The zero-order valence-corrected chi connectivity index (χ0v) is 9.10. The molecule has 0 heterocycles. The molecule has 3 N–H and O–H groups in total. The van der Waals surface area contributed by atoms with Crippen molar-refractivity contribution in [2.24, 2.45) is 5.73 Å². The maximum Gasteiger partial charge on any atom is 0.162 e. The summed E-state index contributed by atoms with van der Waals surface area (Å²) in [4.78, 5) is 0. The van der Waals surface area contributed by atoms with Crippen LogP contribution in [0.4, 0.5) is 0 Å². The molecule has 0 aliphatic rings. The number of nitriles is 1. The Morgan fingerprint density at radius 1 is 1.69 bits per heavy atom. The summed E-state index contributed by atoms with van der Waals surface area (Å²) in [7, 11) is 1.43. The first-order valence-electron chi connectivity index (χ1n) is 4.81. The summed E-state index contributed by atoms with van der Waals surface area (Å²) in [5, 5.41) is 18.7. The molecule has 1 aromatic rings. The second kappa shape index (κ2) is 5.19. The fraction of sp³-hybridized carbons (Fsp3) is 0.250. The van der Waals surface area contributed by atoms with Gasteiger partial charge in [0, 0.05) is 17.7 Å². The maximum atomic E-state index is 9.86. The second-order valence-corrected chi connectivity index (χ2v) is 3.36. The van der Waals surface area contributed by atoms with E-state index in [-0.39, 0.29) is 17.5 Å². The SMILES string of the molecule is C=CC[C@@H](N)c1cc(C#N)cc(OC)c1O. The number of benzene rings is 1. The summed E-state index contributed by atoms with van der Waals surface area (Å²) in [5.74, 6) is 0.240. The number of hydrogen-bond acceptors (Lipinski definition) is 4. The first-order valence-corrected chi connectivity index (χ1v) is 4.81. The van der Waals surface area contributed by atoms with Gasteiger partial charge in [0.15, 0.2) is 11.5 Å². The number of nitrogens with two attached hydrogens (primary N) is 1. The van der Waals surface area contributed by atoms with Crippen LogP contribution in [-0.2, 0) is 0 Å². The molecule has 0 saturated heterocycles. The van der Waals surface area contributed by atoms with E-state index >= 15 is 0 Å². The number of aromatic hydroxyl groups is 1. The van der Waals surface area contributed by atoms with Crippen molar-refractivity contribution in [2.75, 3.05) is 7.11 Å². The van der Waals surface area contributed by atoms with Gasteiger partial charge in [-0.05, 0) is 12.5 Å². The normalized spacial score (nSPS) is 11.6. The minimum Gasteiger partial charge on any atom is -0.504 e. The molecule has 16 heavy (non-hydrogen) atoms. The lowest BCUT2D eigenvalue weighted by Gasteiger charge is -2.14. The Bertz CT molecular complexity index is 435. The Labute approximate surface area is 94.6 Å². The average molecular weight is 218 g/mol. The number of rotatable bonds is 4. The van der Waals surface area contributed by atoms with E-state index in [1.165, 1.54) is 13.2 Å². The van der Waals surface area contributed by atoms with E-state index in [0.717, 1.165) is 0 Å². The minimum atomic E-state index is -0.389. The molecule has 4 heteroatoms. The third kappa shape index (κ3) is 2.33. The minimum absolute atomic E-state index is 0.0177. The van der Waals surface area contributed by atoms with Gasteiger partial charge in [0.25, 0.3) is 0 Å². The van der Waals surface area contributed by atoms with E-state index < -0.39 is 0 Å². The van der Waals surface area contributed by atoms with Gasteiger partial charge < -0.3 is 15.6 Å². The van der Waals surface area contributed by atoms with Crippen LogP contribution in [0.5, 0.6) is 11.5 Å². The summed E-state index contributed by atoms with van der Waals surface area (Å²) in [6.45, 7) is 3.58. The van der Waals surface area contributed by atoms with Gasteiger partial charge in [-0.25, -0.2) is 0 Å². The molecule has 0 aliphatic carbocycles. The highest BCUT2D eigenvalue weighted by Gasteiger charge is 2.15. The van der Waals surface area contributed by atoms with Crippen molar-refractivity contribution in [1.82, 2.24) is 0 Å². The van der Waals surface area contributed by atoms with E-state index in [1.54, 1.807) is 12.1 Å². The van der Waals surface area contributed by atoms with Crippen molar-refractivity contribution in [1.29, 1.82) is 5.26 Å². The van der Waals surface area contributed by atoms with Gasteiger partial charge >= 0.3 is 0 Å². The van der Waals surface area contributed by atoms with Crippen LogP contribution in [0.1, 0.15) is 23.6 Å². The van der Waals surface area contributed by atoms with Crippen molar-refractivity contribution in [3.63, 3.8) is 0 Å². The summed E-state index contributed by atoms with van der Waals surface area (Å²) in [6.07, 6.45) is 2.18. The standard InChI is InChI=1S/C12H14N2O2/c1-3-4-10(14)9-5-8(7-13)6-11(16-2)12(9)15/h3,5-6,10,15H,1,4,14H2,2H3/t10-/m1/s1. The van der Waals surface area contributed by atoms with E-state index in [9.17, 15) is 5.11 Å². The van der Waals surface area contributed by atoms with Crippen LogP contribution in [0.3, 0.4) is 0 Å². The Balaban J connectivity index is 3.26. The fourth-order valence-corrected chi connectivity index (χ4v) is 1.44. The topological polar surface area (TPSA) is 79.3 Å². The molecule has 0 saturated carbocycles. The van der Waals surface area contributed by atoms with Crippen molar-refractivity contribution in [3.8, 4) is 17.6 Å². The highest BCUT2D eigenvalue weighted by molar-refractivity contribution is 5.52. The molecule has 0 unspecified atom stereocenters. The Morgan fingerprint density at radius 2 is 2.38 bits per heavy atom.